The van der Waals surface area contributed by atoms with Gasteiger partial charge >= 0.3 is 5.69 Å². The quantitative estimate of drug-likeness (QED) is 0.284. The highest BCUT2D eigenvalue weighted by Crippen LogP contribution is 2.51. The predicted molar refractivity (Wildman–Crippen MR) is 170 cm³/mol. The summed E-state index contributed by atoms with van der Waals surface area (Å²) in [6.07, 6.45) is 3.33. The molecule has 2 aliphatic heterocycles. The van der Waals surface area contributed by atoms with E-state index >= 15 is 4.39 Å². The molecule has 4 heterocycles. The highest BCUT2D eigenvalue weighted by atomic mass is 35.5. The fourth-order valence-corrected chi connectivity index (χ4v) is 6.80. The van der Waals surface area contributed by atoms with Gasteiger partial charge in [-0.05, 0) is 49.6 Å². The summed E-state index contributed by atoms with van der Waals surface area (Å²) in [4.78, 5) is 39.6. The van der Waals surface area contributed by atoms with Crippen LogP contribution in [0.25, 0.3) is 27.7 Å². The van der Waals surface area contributed by atoms with E-state index in [1.54, 1.807) is 24.1 Å². The third kappa shape index (κ3) is 4.77. The Kier molecular flexibility index (Phi) is 7.68. The number of piperazine rings is 1. The van der Waals surface area contributed by atoms with Gasteiger partial charge in [0.25, 0.3) is 0 Å². The number of benzene rings is 2. The first kappa shape index (κ1) is 30.4. The van der Waals surface area contributed by atoms with Crippen molar-refractivity contribution in [2.75, 3.05) is 24.6 Å². The zero-order valence-corrected chi connectivity index (χ0v) is 26.1. The Bertz CT molecular complexity index is 1920. The first-order valence-corrected chi connectivity index (χ1v) is 15.1. The van der Waals surface area contributed by atoms with Crippen molar-refractivity contribution in [3.05, 3.63) is 75.7 Å². The lowest BCUT2D eigenvalue weighted by molar-refractivity contribution is -0.129. The molecular formula is C33H33ClFN5O5. The average Bonchev–Trinajstić information content (AvgIpc) is 2.99. The van der Waals surface area contributed by atoms with Crippen LogP contribution in [0.2, 0.25) is 5.02 Å². The summed E-state index contributed by atoms with van der Waals surface area (Å²) in [5.41, 5.74) is 0.0717. The molecule has 6 rings (SSSR count). The van der Waals surface area contributed by atoms with E-state index in [-0.39, 0.29) is 69.1 Å². The summed E-state index contributed by atoms with van der Waals surface area (Å²) < 4.78 is 24.9. The molecule has 2 atom stereocenters. The number of nitrogens with zero attached hydrogens (tertiary/aromatic N) is 5. The van der Waals surface area contributed by atoms with Gasteiger partial charge < -0.3 is 24.7 Å². The van der Waals surface area contributed by atoms with Crippen LogP contribution in [0.1, 0.15) is 44.4 Å². The van der Waals surface area contributed by atoms with Crippen molar-refractivity contribution >= 4 is 34.2 Å². The summed E-state index contributed by atoms with van der Waals surface area (Å²) >= 11 is 6.94. The number of aromatic hydroxyl groups is 2. The second-order valence-corrected chi connectivity index (χ2v) is 12.2. The maximum Gasteiger partial charge on any atom is 0.354 e. The van der Waals surface area contributed by atoms with Crippen LogP contribution in [0.3, 0.4) is 0 Å². The smallest absolute Gasteiger partial charge is 0.354 e. The minimum Gasteiger partial charge on any atom is -0.507 e. The molecule has 1 amide bonds. The van der Waals surface area contributed by atoms with Gasteiger partial charge in [0, 0.05) is 37.3 Å². The van der Waals surface area contributed by atoms with Gasteiger partial charge in [0.05, 0.1) is 40.0 Å². The Labute approximate surface area is 264 Å². The van der Waals surface area contributed by atoms with E-state index in [4.69, 9.17) is 16.3 Å². The van der Waals surface area contributed by atoms with Crippen molar-refractivity contribution in [2.45, 2.75) is 52.1 Å². The van der Waals surface area contributed by atoms with Gasteiger partial charge in [-0.25, -0.2) is 9.18 Å². The monoisotopic (exact) mass is 633 g/mol. The van der Waals surface area contributed by atoms with E-state index in [2.05, 4.69) is 16.5 Å². The number of phenolic OH excluding ortho intramolecular Hbond substituents is 2. The molecule has 1 saturated heterocycles. The molecule has 0 saturated carbocycles. The lowest BCUT2D eigenvalue weighted by atomic mass is 9.97. The SMILES string of the molecule is C=CC(=O)N1CC2CCOc3c(Cl)c(-c4c(O)cccc4O)c(F)c4c3c(nc(=O)n4-c3c(C)ccnc3C(C)C)N2CC1C. The molecule has 2 N–H and O–H groups in total. The molecular weight excluding hydrogens is 601 g/mol. The van der Waals surface area contributed by atoms with Crippen LogP contribution in [0.15, 0.2) is 47.9 Å². The number of pyridine rings is 1. The number of halogens is 2. The molecule has 2 aromatic carbocycles. The minimum atomic E-state index is -0.955. The maximum absolute atomic E-state index is 17.4. The van der Waals surface area contributed by atoms with Gasteiger partial charge in [-0.2, -0.15) is 4.98 Å². The van der Waals surface area contributed by atoms with Crippen molar-refractivity contribution in [2.24, 2.45) is 0 Å². The number of ether oxygens (including phenoxy) is 1. The second kappa shape index (κ2) is 11.4. The topological polar surface area (TPSA) is 121 Å². The van der Waals surface area contributed by atoms with Crippen LogP contribution in [0.5, 0.6) is 17.2 Å². The summed E-state index contributed by atoms with van der Waals surface area (Å²) in [7, 11) is 0. The van der Waals surface area contributed by atoms with Crippen LogP contribution >= 0.6 is 11.6 Å². The molecule has 2 aromatic heterocycles. The Morgan fingerprint density at radius 2 is 1.91 bits per heavy atom. The third-order valence-corrected chi connectivity index (χ3v) is 8.97. The van der Waals surface area contributed by atoms with Crippen LogP contribution < -0.4 is 15.3 Å². The normalized spacial score (nSPS) is 17.9. The fraction of sp³-hybridized carbons (Fsp3) is 0.333. The maximum atomic E-state index is 17.4. The van der Waals surface area contributed by atoms with E-state index < -0.39 is 23.0 Å². The number of rotatable bonds is 4. The standard InChI is InChI=1S/C33H33ClFN5O5/c1-6-22(43)38-15-19-11-13-45-31-25-30(27(35)24(26(31)34)23-20(41)8-7-9-21(23)42)40(29-17(4)10-12-36-28(29)16(2)3)33(44)37-32(25)39(19)14-18(38)5/h6-10,12,16,18-19,41-42H,1,11,13-15H2,2-5H3. The number of hydrogen-bond acceptors (Lipinski definition) is 8. The summed E-state index contributed by atoms with van der Waals surface area (Å²) in [6, 6.07) is 5.18. The molecule has 0 aliphatic carbocycles. The summed E-state index contributed by atoms with van der Waals surface area (Å²) in [6.45, 7) is 11.9. The number of phenols is 2. The van der Waals surface area contributed by atoms with E-state index in [9.17, 15) is 19.8 Å². The number of carbonyl (C=O) groups excluding carboxylic acids is 1. The number of amides is 1. The van der Waals surface area contributed by atoms with Crippen molar-refractivity contribution in [1.29, 1.82) is 0 Å². The fourth-order valence-electron chi connectivity index (χ4n) is 6.47. The molecule has 1 fully saturated rings. The van der Waals surface area contributed by atoms with Crippen molar-refractivity contribution < 1.29 is 24.1 Å². The van der Waals surface area contributed by atoms with Crippen LogP contribution in [0.4, 0.5) is 10.2 Å². The molecule has 234 valence electrons. The molecule has 12 heteroatoms. The van der Waals surface area contributed by atoms with Crippen LogP contribution in [-0.4, -0.2) is 67.3 Å². The Morgan fingerprint density at radius 1 is 1.20 bits per heavy atom. The van der Waals surface area contributed by atoms with E-state index in [0.717, 1.165) is 0 Å². The Balaban J connectivity index is 1.77. The van der Waals surface area contributed by atoms with Crippen molar-refractivity contribution in [3.8, 4) is 34.1 Å². The zero-order chi connectivity index (χ0) is 32.3. The van der Waals surface area contributed by atoms with Gasteiger partial charge in [0.1, 0.15) is 22.8 Å². The largest absolute Gasteiger partial charge is 0.507 e. The first-order valence-electron chi connectivity index (χ1n) is 14.7. The van der Waals surface area contributed by atoms with Gasteiger partial charge in [-0.3, -0.25) is 14.3 Å². The second-order valence-electron chi connectivity index (χ2n) is 11.8. The Hall–Kier alpha value is -4.64. The Morgan fingerprint density at radius 3 is 2.58 bits per heavy atom. The van der Waals surface area contributed by atoms with Crippen LogP contribution in [0, 0.1) is 12.7 Å². The molecule has 0 radical (unpaired) electrons. The number of aromatic nitrogens is 3. The van der Waals surface area contributed by atoms with E-state index in [1.165, 1.54) is 28.8 Å². The average molecular weight is 634 g/mol. The van der Waals surface area contributed by atoms with Crippen LogP contribution in [-0.2, 0) is 4.79 Å². The molecule has 0 spiro atoms. The lowest BCUT2D eigenvalue weighted by Gasteiger charge is -2.46. The molecule has 10 nitrogen and oxygen atoms in total. The number of hydrogen-bond donors (Lipinski definition) is 2. The van der Waals surface area contributed by atoms with Gasteiger partial charge in [-0.1, -0.05) is 38.1 Å². The number of anilines is 1. The van der Waals surface area contributed by atoms with Gasteiger partial charge in [-0.15, -0.1) is 0 Å². The molecule has 2 aliphatic rings. The minimum absolute atomic E-state index is 0.0605. The van der Waals surface area contributed by atoms with Crippen molar-refractivity contribution in [1.82, 2.24) is 19.4 Å². The lowest BCUT2D eigenvalue weighted by Crippen LogP contribution is -2.60. The highest BCUT2D eigenvalue weighted by molar-refractivity contribution is 6.37. The zero-order valence-electron chi connectivity index (χ0n) is 25.3. The predicted octanol–water partition coefficient (Wildman–Crippen LogP) is 5.46. The summed E-state index contributed by atoms with van der Waals surface area (Å²) in [5, 5.41) is 21.6. The number of carbonyl (C=O) groups is 1. The first-order chi connectivity index (χ1) is 21.5. The molecule has 4 aromatic rings. The third-order valence-electron chi connectivity index (χ3n) is 8.61. The van der Waals surface area contributed by atoms with E-state index in [0.29, 0.717) is 36.5 Å². The van der Waals surface area contributed by atoms with Gasteiger partial charge in [0.15, 0.2) is 11.6 Å². The number of aryl methyl sites for hydroxylation is 1. The molecule has 0 bridgehead atoms. The van der Waals surface area contributed by atoms with Gasteiger partial charge in [0.2, 0.25) is 5.91 Å². The highest BCUT2D eigenvalue weighted by Gasteiger charge is 2.39. The van der Waals surface area contributed by atoms with E-state index in [1.807, 2.05) is 25.7 Å². The molecule has 45 heavy (non-hydrogen) atoms. The number of fused-ring (bicyclic) bond motifs is 2. The summed E-state index contributed by atoms with van der Waals surface area (Å²) in [5.74, 6) is -1.90. The molecule has 2 unspecified atom stereocenters. The van der Waals surface area contributed by atoms with Crippen molar-refractivity contribution in [3.63, 3.8) is 0 Å².